The Hall–Kier alpha value is -1.10. The highest BCUT2D eigenvalue weighted by atomic mass is 16.4. The van der Waals surface area contributed by atoms with Gasteiger partial charge in [-0.25, -0.2) is 0 Å². The van der Waals surface area contributed by atoms with Crippen molar-refractivity contribution in [3.05, 3.63) is 0 Å². The van der Waals surface area contributed by atoms with Gasteiger partial charge in [0.05, 0.1) is 12.5 Å². The molecule has 0 aromatic rings. The first-order valence-electron chi connectivity index (χ1n) is 7.19. The van der Waals surface area contributed by atoms with Crippen LogP contribution in [0.1, 0.15) is 51.9 Å². The lowest BCUT2D eigenvalue weighted by atomic mass is 9.95. The molecule has 0 spiro atoms. The Morgan fingerprint density at radius 1 is 1.11 bits per heavy atom. The molecule has 1 saturated carbocycles. The summed E-state index contributed by atoms with van der Waals surface area (Å²) >= 11 is 0. The molecule has 5 nitrogen and oxygen atoms in total. The lowest BCUT2D eigenvalue weighted by Gasteiger charge is -2.32. The zero-order valence-corrected chi connectivity index (χ0v) is 11.7. The number of hydrogen-bond acceptors (Lipinski definition) is 3. The smallest absolute Gasteiger partial charge is 0.317 e. The minimum atomic E-state index is -0.875. The quantitative estimate of drug-likeness (QED) is 0.774. The first-order chi connectivity index (χ1) is 9.00. The standard InChI is InChI=1S/C14H25NO4/c1-11(14(18)19)9-15(10-13(16)17)12-7-5-3-2-4-6-8-12/h11-12H,2-10H2,1H3,(H,16,17)(H,18,19). The van der Waals surface area contributed by atoms with E-state index in [1.807, 2.05) is 4.90 Å². The molecule has 19 heavy (non-hydrogen) atoms. The van der Waals surface area contributed by atoms with Gasteiger partial charge < -0.3 is 10.2 Å². The average Bonchev–Trinajstić information content (AvgIpc) is 2.26. The van der Waals surface area contributed by atoms with Crippen LogP contribution in [0.2, 0.25) is 0 Å². The van der Waals surface area contributed by atoms with Crippen LogP contribution in [0.5, 0.6) is 0 Å². The second-order valence-electron chi connectivity index (χ2n) is 5.56. The van der Waals surface area contributed by atoms with Crippen LogP contribution in [0.3, 0.4) is 0 Å². The van der Waals surface area contributed by atoms with Crippen LogP contribution in [0.15, 0.2) is 0 Å². The fraction of sp³-hybridized carbons (Fsp3) is 0.857. The molecule has 0 aromatic carbocycles. The Morgan fingerprint density at radius 2 is 1.63 bits per heavy atom. The number of carbonyl (C=O) groups is 2. The monoisotopic (exact) mass is 271 g/mol. The second-order valence-corrected chi connectivity index (χ2v) is 5.56. The number of rotatable bonds is 6. The first-order valence-corrected chi connectivity index (χ1v) is 7.19. The van der Waals surface area contributed by atoms with Gasteiger partial charge in [-0.2, -0.15) is 0 Å². The highest BCUT2D eigenvalue weighted by Gasteiger charge is 2.25. The molecule has 1 unspecified atom stereocenters. The van der Waals surface area contributed by atoms with E-state index in [0.29, 0.717) is 6.54 Å². The maximum atomic E-state index is 11.0. The second kappa shape index (κ2) is 8.15. The van der Waals surface area contributed by atoms with Crippen molar-refractivity contribution in [2.45, 2.75) is 57.9 Å². The summed E-state index contributed by atoms with van der Waals surface area (Å²) in [6.07, 6.45) is 7.86. The maximum absolute atomic E-state index is 11.0. The molecule has 0 saturated heterocycles. The Kier molecular flexibility index (Phi) is 6.84. The van der Waals surface area contributed by atoms with Crippen LogP contribution in [-0.4, -0.2) is 46.2 Å². The molecule has 0 aliphatic heterocycles. The molecule has 1 aliphatic carbocycles. The topological polar surface area (TPSA) is 77.8 Å². The molecule has 1 aliphatic rings. The molecule has 0 bridgehead atoms. The highest BCUT2D eigenvalue weighted by Crippen LogP contribution is 2.22. The molecule has 1 fully saturated rings. The minimum absolute atomic E-state index is 0.0533. The summed E-state index contributed by atoms with van der Waals surface area (Å²) in [5.41, 5.74) is 0. The third-order valence-corrected chi connectivity index (χ3v) is 3.86. The summed E-state index contributed by atoms with van der Waals surface area (Å²) in [5.74, 6) is -2.26. The fourth-order valence-corrected chi connectivity index (χ4v) is 2.75. The van der Waals surface area contributed by atoms with Gasteiger partial charge >= 0.3 is 11.9 Å². The van der Waals surface area contributed by atoms with Crippen molar-refractivity contribution in [1.29, 1.82) is 0 Å². The third-order valence-electron chi connectivity index (χ3n) is 3.86. The van der Waals surface area contributed by atoms with Crippen LogP contribution in [0.25, 0.3) is 0 Å². The molecular formula is C14H25NO4. The molecular weight excluding hydrogens is 246 g/mol. The van der Waals surface area contributed by atoms with Crippen molar-refractivity contribution in [3.63, 3.8) is 0 Å². The van der Waals surface area contributed by atoms with Gasteiger partial charge in [0.1, 0.15) is 0 Å². The van der Waals surface area contributed by atoms with Gasteiger partial charge in [0.15, 0.2) is 0 Å². The summed E-state index contributed by atoms with van der Waals surface area (Å²) in [6, 6.07) is 0.221. The number of aliphatic carboxylic acids is 2. The molecule has 0 aromatic heterocycles. The molecule has 0 heterocycles. The molecule has 0 radical (unpaired) electrons. The predicted octanol–water partition coefficient (Wildman–Crippen LogP) is 2.21. The van der Waals surface area contributed by atoms with E-state index >= 15 is 0 Å². The zero-order valence-electron chi connectivity index (χ0n) is 11.7. The molecule has 2 N–H and O–H groups in total. The molecule has 1 rings (SSSR count). The van der Waals surface area contributed by atoms with Crippen molar-refractivity contribution in [2.75, 3.05) is 13.1 Å². The first kappa shape index (κ1) is 16.0. The number of carboxylic acid groups (broad SMARTS) is 2. The number of carboxylic acids is 2. The lowest BCUT2D eigenvalue weighted by Crippen LogP contribution is -2.43. The number of nitrogens with zero attached hydrogens (tertiary/aromatic N) is 1. The normalized spacial score (nSPS) is 19.7. The van der Waals surface area contributed by atoms with E-state index in [0.717, 1.165) is 25.7 Å². The Bertz CT molecular complexity index is 298. The molecule has 5 heteroatoms. The van der Waals surface area contributed by atoms with E-state index in [4.69, 9.17) is 10.2 Å². The summed E-state index contributed by atoms with van der Waals surface area (Å²) < 4.78 is 0. The van der Waals surface area contributed by atoms with Gasteiger partial charge in [-0.15, -0.1) is 0 Å². The van der Waals surface area contributed by atoms with Crippen molar-refractivity contribution in [3.8, 4) is 0 Å². The van der Waals surface area contributed by atoms with Gasteiger partial charge in [0.2, 0.25) is 0 Å². The lowest BCUT2D eigenvalue weighted by molar-refractivity contribution is -0.144. The summed E-state index contributed by atoms with van der Waals surface area (Å²) in [5, 5.41) is 18.0. The van der Waals surface area contributed by atoms with E-state index in [1.165, 1.54) is 19.3 Å². The van der Waals surface area contributed by atoms with Gasteiger partial charge in [-0.05, 0) is 12.8 Å². The Balaban J connectivity index is 2.64. The van der Waals surface area contributed by atoms with E-state index in [9.17, 15) is 9.59 Å². The van der Waals surface area contributed by atoms with Crippen molar-refractivity contribution >= 4 is 11.9 Å². The van der Waals surface area contributed by atoms with Gasteiger partial charge in [0.25, 0.3) is 0 Å². The van der Waals surface area contributed by atoms with Crippen LogP contribution < -0.4 is 0 Å². The molecule has 0 amide bonds. The van der Waals surface area contributed by atoms with Crippen molar-refractivity contribution < 1.29 is 19.8 Å². The van der Waals surface area contributed by atoms with Crippen molar-refractivity contribution in [1.82, 2.24) is 4.90 Å². The van der Waals surface area contributed by atoms with Crippen molar-refractivity contribution in [2.24, 2.45) is 5.92 Å². The zero-order chi connectivity index (χ0) is 14.3. The highest BCUT2D eigenvalue weighted by molar-refractivity contribution is 5.71. The van der Waals surface area contributed by atoms with E-state index in [-0.39, 0.29) is 12.6 Å². The number of hydrogen-bond donors (Lipinski definition) is 2. The van der Waals surface area contributed by atoms with Gasteiger partial charge in [-0.1, -0.05) is 39.0 Å². The predicted molar refractivity (Wildman–Crippen MR) is 72.1 cm³/mol. The summed E-state index contributed by atoms with van der Waals surface area (Å²) in [4.78, 5) is 23.8. The fourth-order valence-electron chi connectivity index (χ4n) is 2.75. The summed E-state index contributed by atoms with van der Waals surface area (Å²) in [6.45, 7) is 1.91. The molecule has 110 valence electrons. The van der Waals surface area contributed by atoms with E-state index in [2.05, 4.69) is 0 Å². The van der Waals surface area contributed by atoms with E-state index < -0.39 is 17.9 Å². The SMILES string of the molecule is CC(CN(CC(=O)O)C1CCCCCCC1)C(=O)O. The Labute approximate surface area is 114 Å². The minimum Gasteiger partial charge on any atom is -0.481 e. The largest absolute Gasteiger partial charge is 0.481 e. The van der Waals surface area contributed by atoms with E-state index in [1.54, 1.807) is 6.92 Å². The van der Waals surface area contributed by atoms with Crippen LogP contribution in [-0.2, 0) is 9.59 Å². The van der Waals surface area contributed by atoms with Crippen LogP contribution in [0.4, 0.5) is 0 Å². The van der Waals surface area contributed by atoms with Crippen LogP contribution in [0, 0.1) is 5.92 Å². The molecule has 1 atom stereocenters. The summed E-state index contributed by atoms with van der Waals surface area (Å²) in [7, 11) is 0. The van der Waals surface area contributed by atoms with Crippen LogP contribution >= 0.6 is 0 Å². The maximum Gasteiger partial charge on any atom is 0.317 e. The Morgan fingerprint density at radius 3 is 2.11 bits per heavy atom. The van der Waals surface area contributed by atoms with Gasteiger partial charge in [0, 0.05) is 12.6 Å². The third kappa shape index (κ3) is 6.05. The average molecular weight is 271 g/mol. The van der Waals surface area contributed by atoms with Gasteiger partial charge in [-0.3, -0.25) is 14.5 Å².